The Hall–Kier alpha value is -3.69. The van der Waals surface area contributed by atoms with Crippen molar-refractivity contribution in [2.45, 2.75) is 46.4 Å². The Morgan fingerprint density at radius 1 is 1.23 bits per heavy atom. The summed E-state index contributed by atoms with van der Waals surface area (Å²) < 4.78 is 16.4. The van der Waals surface area contributed by atoms with Crippen LogP contribution in [0.1, 0.15) is 43.6 Å². The molecule has 0 fully saturated rings. The van der Waals surface area contributed by atoms with Crippen LogP contribution in [0.2, 0.25) is 0 Å². The van der Waals surface area contributed by atoms with Gasteiger partial charge in [0.05, 0.1) is 29.0 Å². The van der Waals surface area contributed by atoms with Gasteiger partial charge in [0.25, 0.3) is 5.56 Å². The molecular formula is C31H30BrN3O4S. The van der Waals surface area contributed by atoms with Crippen LogP contribution in [0.3, 0.4) is 0 Å². The number of nitrogens with zero attached hydrogens (tertiary/aromatic N) is 3. The molecule has 0 N–H and O–H groups in total. The highest BCUT2D eigenvalue weighted by Crippen LogP contribution is 2.37. The lowest BCUT2D eigenvalue weighted by Gasteiger charge is -2.26. The van der Waals surface area contributed by atoms with E-state index in [1.165, 1.54) is 11.3 Å². The van der Waals surface area contributed by atoms with Gasteiger partial charge >= 0.3 is 5.97 Å². The molecule has 40 heavy (non-hydrogen) atoms. The van der Waals surface area contributed by atoms with Gasteiger partial charge < -0.3 is 14.0 Å². The van der Waals surface area contributed by atoms with Crippen LogP contribution in [0.5, 0.6) is 5.75 Å². The molecule has 0 radical (unpaired) electrons. The van der Waals surface area contributed by atoms with Crippen LogP contribution in [0.15, 0.2) is 80.6 Å². The Bertz CT molecular complexity index is 1880. The zero-order chi connectivity index (χ0) is 28.7. The average Bonchev–Trinajstić information content (AvgIpc) is 3.36. The van der Waals surface area contributed by atoms with Crippen LogP contribution in [0.25, 0.3) is 17.0 Å². The smallest absolute Gasteiger partial charge is 0.338 e. The fourth-order valence-electron chi connectivity index (χ4n) is 5.21. The quantitative estimate of drug-likeness (QED) is 0.205. The maximum atomic E-state index is 14.2. The minimum atomic E-state index is -0.777. The van der Waals surface area contributed by atoms with E-state index in [2.05, 4.69) is 39.2 Å². The highest BCUT2D eigenvalue weighted by Gasteiger charge is 2.35. The van der Waals surface area contributed by atoms with Gasteiger partial charge in [-0.25, -0.2) is 9.79 Å². The summed E-state index contributed by atoms with van der Waals surface area (Å²) in [6.07, 6.45) is 3.46. The molecule has 2 aromatic carbocycles. The number of allylic oxidation sites excluding steroid dienone is 2. The first-order chi connectivity index (χ1) is 19.2. The summed E-state index contributed by atoms with van der Waals surface area (Å²) in [5, 5.41) is 1.05. The highest BCUT2D eigenvalue weighted by atomic mass is 79.9. The summed E-state index contributed by atoms with van der Waals surface area (Å²) in [6.45, 7) is 12.0. The Balaban J connectivity index is 1.80. The van der Waals surface area contributed by atoms with Crippen molar-refractivity contribution in [1.82, 2.24) is 9.13 Å². The van der Waals surface area contributed by atoms with Gasteiger partial charge in [-0.05, 0) is 58.0 Å². The number of esters is 1. The summed E-state index contributed by atoms with van der Waals surface area (Å²) in [5.74, 6) is 0.0385. The number of carbonyl (C=O) groups excluding carboxylic acids is 1. The van der Waals surface area contributed by atoms with Crippen molar-refractivity contribution >= 4 is 50.2 Å². The summed E-state index contributed by atoms with van der Waals surface area (Å²) in [5.41, 5.74) is 4.31. The minimum Gasteiger partial charge on any atom is -0.496 e. The number of aromatic nitrogens is 2. The van der Waals surface area contributed by atoms with Gasteiger partial charge in [-0.3, -0.25) is 9.36 Å². The van der Waals surface area contributed by atoms with Crippen LogP contribution in [-0.2, 0) is 16.1 Å². The van der Waals surface area contributed by atoms with E-state index in [1.54, 1.807) is 32.4 Å². The molecule has 2 aromatic heterocycles. The molecule has 1 atom stereocenters. The average molecular weight is 621 g/mol. The van der Waals surface area contributed by atoms with Crippen LogP contribution in [0.4, 0.5) is 0 Å². The molecule has 0 unspecified atom stereocenters. The molecule has 1 aliphatic rings. The highest BCUT2D eigenvalue weighted by molar-refractivity contribution is 9.10. The monoisotopic (exact) mass is 619 g/mol. The number of halogens is 1. The normalized spacial score (nSPS) is 15.4. The molecule has 1 aliphatic heterocycles. The molecule has 0 spiro atoms. The molecule has 206 valence electrons. The first kappa shape index (κ1) is 27.9. The number of rotatable bonds is 7. The Kier molecular flexibility index (Phi) is 7.70. The predicted octanol–water partition coefficient (Wildman–Crippen LogP) is 5.41. The first-order valence-electron chi connectivity index (χ1n) is 12.9. The van der Waals surface area contributed by atoms with Crippen molar-refractivity contribution in [2.75, 3.05) is 7.11 Å². The van der Waals surface area contributed by atoms with E-state index in [4.69, 9.17) is 14.5 Å². The summed E-state index contributed by atoms with van der Waals surface area (Å²) in [4.78, 5) is 32.9. The van der Waals surface area contributed by atoms with Gasteiger partial charge in [0, 0.05) is 38.7 Å². The van der Waals surface area contributed by atoms with E-state index >= 15 is 0 Å². The lowest BCUT2D eigenvalue weighted by molar-refractivity contribution is -0.143. The number of para-hydroxylation sites is 1. The number of benzene rings is 2. The van der Waals surface area contributed by atoms with E-state index in [-0.39, 0.29) is 11.7 Å². The zero-order valence-electron chi connectivity index (χ0n) is 23.0. The number of thiazole rings is 1. The largest absolute Gasteiger partial charge is 0.496 e. The van der Waals surface area contributed by atoms with Crippen LogP contribution in [0, 0.1) is 6.92 Å². The SMILES string of the molecule is C=CCn1c(C)c(/C=c2\sc3n(c2=O)[C@H](c2cc(Br)ccc2OC)C(C(=O)OC(C)C)=C(C)N=3)c2ccccc21. The number of methoxy groups -OCH3 is 1. The Labute approximate surface area is 244 Å². The number of hydrogen-bond acceptors (Lipinski definition) is 6. The fraction of sp³-hybridized carbons (Fsp3) is 0.258. The maximum absolute atomic E-state index is 14.2. The van der Waals surface area contributed by atoms with Gasteiger partial charge in [0.1, 0.15) is 11.8 Å². The first-order valence-corrected chi connectivity index (χ1v) is 14.5. The van der Waals surface area contributed by atoms with Crippen LogP contribution >= 0.6 is 27.3 Å². The summed E-state index contributed by atoms with van der Waals surface area (Å²) in [6, 6.07) is 12.9. The maximum Gasteiger partial charge on any atom is 0.338 e. The standard InChI is InChI=1S/C31H30BrN3O4S/c1-7-14-34-19(5)22(21-10-8-9-11-24(21)34)16-26-29(36)35-28(23-15-20(32)12-13-25(23)38-6)27(30(37)39-17(2)3)18(4)33-31(35)40-26/h7-13,15-17,28H,1,14H2,2-6H3/b26-16-/t28-/m1/s1. The third-order valence-electron chi connectivity index (χ3n) is 6.94. The second kappa shape index (κ2) is 11.1. The molecule has 0 amide bonds. The Morgan fingerprint density at radius 2 is 1.98 bits per heavy atom. The van der Waals surface area contributed by atoms with Crippen molar-refractivity contribution in [3.05, 3.63) is 107 Å². The molecule has 0 saturated carbocycles. The van der Waals surface area contributed by atoms with Crippen molar-refractivity contribution in [1.29, 1.82) is 0 Å². The molecule has 0 aliphatic carbocycles. The molecule has 5 rings (SSSR count). The van der Waals surface area contributed by atoms with E-state index in [1.807, 2.05) is 49.4 Å². The van der Waals surface area contributed by atoms with Crippen LogP contribution in [-0.4, -0.2) is 28.3 Å². The molecule has 4 aromatic rings. The molecule has 9 heteroatoms. The van der Waals surface area contributed by atoms with Crippen molar-refractivity contribution in [2.24, 2.45) is 4.99 Å². The topological polar surface area (TPSA) is 74.8 Å². The number of carbonyl (C=O) groups is 1. The Morgan fingerprint density at radius 3 is 2.67 bits per heavy atom. The second-order valence-corrected chi connectivity index (χ2v) is 11.8. The van der Waals surface area contributed by atoms with E-state index in [0.29, 0.717) is 38.5 Å². The minimum absolute atomic E-state index is 0.238. The van der Waals surface area contributed by atoms with Gasteiger partial charge in [-0.2, -0.15) is 0 Å². The molecule has 7 nitrogen and oxygen atoms in total. The second-order valence-electron chi connectivity index (χ2n) is 9.84. The zero-order valence-corrected chi connectivity index (χ0v) is 25.4. The summed E-state index contributed by atoms with van der Waals surface area (Å²) >= 11 is 4.85. The molecular weight excluding hydrogens is 590 g/mol. The predicted molar refractivity (Wildman–Crippen MR) is 163 cm³/mol. The third kappa shape index (κ3) is 4.77. The van der Waals surface area contributed by atoms with Crippen LogP contribution < -0.4 is 19.6 Å². The van der Waals surface area contributed by atoms with Crippen molar-refractivity contribution in [3.8, 4) is 5.75 Å². The van der Waals surface area contributed by atoms with E-state index < -0.39 is 12.0 Å². The van der Waals surface area contributed by atoms with Gasteiger partial charge in [0.2, 0.25) is 0 Å². The molecule has 0 bridgehead atoms. The number of fused-ring (bicyclic) bond motifs is 2. The number of hydrogen-bond donors (Lipinski definition) is 0. The van der Waals surface area contributed by atoms with Gasteiger partial charge in [-0.15, -0.1) is 6.58 Å². The molecule has 3 heterocycles. The summed E-state index contributed by atoms with van der Waals surface area (Å²) in [7, 11) is 1.57. The van der Waals surface area contributed by atoms with Crippen molar-refractivity contribution < 1.29 is 14.3 Å². The van der Waals surface area contributed by atoms with E-state index in [9.17, 15) is 9.59 Å². The van der Waals surface area contributed by atoms with Crippen molar-refractivity contribution in [3.63, 3.8) is 0 Å². The molecule has 0 saturated heterocycles. The van der Waals surface area contributed by atoms with Gasteiger partial charge in [0.15, 0.2) is 4.80 Å². The van der Waals surface area contributed by atoms with Gasteiger partial charge in [-0.1, -0.05) is 51.5 Å². The number of ether oxygens (including phenoxy) is 2. The van der Waals surface area contributed by atoms with E-state index in [0.717, 1.165) is 26.6 Å². The fourth-order valence-corrected chi connectivity index (χ4v) is 6.62. The third-order valence-corrected chi connectivity index (χ3v) is 8.41. The lowest BCUT2D eigenvalue weighted by atomic mass is 9.95. The lowest BCUT2D eigenvalue weighted by Crippen LogP contribution is -2.40.